The summed E-state index contributed by atoms with van der Waals surface area (Å²) in [5.74, 6) is -6.32. The van der Waals surface area contributed by atoms with Crippen LogP contribution in [-0.4, -0.2) is 98.9 Å². The minimum Gasteiger partial charge on any atom is -0.480 e. The molecule has 0 heterocycles. The molecule has 0 aliphatic heterocycles. The van der Waals surface area contributed by atoms with Crippen molar-refractivity contribution in [2.24, 2.45) is 0 Å². The minimum absolute atomic E-state index is 0.392. The maximum atomic E-state index is 10.5. The largest absolute Gasteiger partial charge is 0.480 e. The smallest absolute Gasteiger partial charge is 0.317 e. The predicted octanol–water partition coefficient (Wildman–Crippen LogP) is -2.02. The van der Waals surface area contributed by atoms with E-state index in [1.165, 1.54) is 13.8 Å². The Balaban J connectivity index is 0. The van der Waals surface area contributed by atoms with E-state index in [9.17, 15) is 28.8 Å². The topological polar surface area (TPSA) is 199 Å². The molecular formula is C13H20N2O11. The van der Waals surface area contributed by atoms with Gasteiger partial charge in [-0.05, 0) is 0 Å². The maximum Gasteiger partial charge on any atom is 0.317 e. The van der Waals surface area contributed by atoms with Gasteiger partial charge in [0.25, 0.3) is 0 Å². The van der Waals surface area contributed by atoms with E-state index in [2.05, 4.69) is 4.74 Å². The minimum atomic E-state index is -1.30. The van der Waals surface area contributed by atoms with Crippen LogP contribution in [-0.2, 0) is 33.5 Å². The van der Waals surface area contributed by atoms with Crippen LogP contribution in [0.3, 0.4) is 0 Å². The van der Waals surface area contributed by atoms with Gasteiger partial charge in [0.2, 0.25) is 0 Å². The Morgan fingerprint density at radius 3 is 0.962 bits per heavy atom. The average Bonchev–Trinajstić information content (AvgIpc) is 2.33. The van der Waals surface area contributed by atoms with Gasteiger partial charge in [-0.1, -0.05) is 0 Å². The van der Waals surface area contributed by atoms with Gasteiger partial charge in [0.15, 0.2) is 0 Å². The second kappa shape index (κ2) is 13.3. The van der Waals surface area contributed by atoms with Crippen LogP contribution in [0, 0.1) is 0 Å². The molecule has 0 spiro atoms. The SMILES string of the molecule is CC(=O)OC(C)=O.O=C(O)CN(CC(=O)O)CN(CC(=O)O)CC(=O)O. The van der Waals surface area contributed by atoms with Crippen molar-refractivity contribution in [1.29, 1.82) is 0 Å². The molecule has 0 aromatic heterocycles. The van der Waals surface area contributed by atoms with Crippen LogP contribution in [0.5, 0.6) is 0 Å². The first-order chi connectivity index (χ1) is 11.8. The molecule has 13 nitrogen and oxygen atoms in total. The number of rotatable bonds is 10. The summed E-state index contributed by atoms with van der Waals surface area (Å²) in [6.45, 7) is -0.575. The summed E-state index contributed by atoms with van der Waals surface area (Å²) in [4.78, 5) is 63.6. The van der Waals surface area contributed by atoms with Gasteiger partial charge in [0.1, 0.15) is 0 Å². The molecule has 26 heavy (non-hydrogen) atoms. The van der Waals surface area contributed by atoms with Crippen molar-refractivity contribution < 1.29 is 53.9 Å². The number of esters is 2. The summed E-state index contributed by atoms with van der Waals surface area (Å²) in [5.41, 5.74) is 0. The van der Waals surface area contributed by atoms with E-state index < -0.39 is 68.7 Å². The summed E-state index contributed by atoms with van der Waals surface area (Å²) < 4.78 is 3.97. The fourth-order valence-corrected chi connectivity index (χ4v) is 1.56. The second-order valence-corrected chi connectivity index (χ2v) is 4.78. The molecule has 0 bridgehead atoms. The van der Waals surface area contributed by atoms with Crippen molar-refractivity contribution in [2.45, 2.75) is 13.8 Å². The highest BCUT2D eigenvalue weighted by Crippen LogP contribution is 1.96. The van der Waals surface area contributed by atoms with Crippen molar-refractivity contribution in [3.63, 3.8) is 0 Å². The summed E-state index contributed by atoms with van der Waals surface area (Å²) in [6.07, 6.45) is 0. The van der Waals surface area contributed by atoms with Gasteiger partial charge in [-0.15, -0.1) is 0 Å². The van der Waals surface area contributed by atoms with Gasteiger partial charge in [0, 0.05) is 13.8 Å². The van der Waals surface area contributed by atoms with E-state index in [0.717, 1.165) is 9.80 Å². The lowest BCUT2D eigenvalue weighted by molar-refractivity contribution is -0.156. The zero-order valence-electron chi connectivity index (χ0n) is 14.1. The molecule has 0 aromatic rings. The van der Waals surface area contributed by atoms with Crippen LogP contribution in [0.2, 0.25) is 0 Å². The van der Waals surface area contributed by atoms with Gasteiger partial charge >= 0.3 is 35.8 Å². The third-order valence-electron chi connectivity index (χ3n) is 2.12. The molecule has 0 radical (unpaired) electrons. The number of carboxylic acids is 4. The van der Waals surface area contributed by atoms with E-state index in [0.29, 0.717) is 0 Å². The van der Waals surface area contributed by atoms with E-state index in [1.807, 2.05) is 0 Å². The normalized spacial score (nSPS) is 9.85. The van der Waals surface area contributed by atoms with Crippen LogP contribution < -0.4 is 0 Å². The van der Waals surface area contributed by atoms with Gasteiger partial charge in [0.05, 0.1) is 32.8 Å². The van der Waals surface area contributed by atoms with Crippen molar-refractivity contribution in [3.05, 3.63) is 0 Å². The molecule has 0 unspecified atom stereocenters. The highest BCUT2D eigenvalue weighted by Gasteiger charge is 2.20. The van der Waals surface area contributed by atoms with Crippen molar-refractivity contribution >= 4 is 35.8 Å². The number of carboxylic acid groups (broad SMARTS) is 4. The van der Waals surface area contributed by atoms with E-state index in [-0.39, 0.29) is 0 Å². The zero-order valence-corrected chi connectivity index (χ0v) is 14.1. The fourth-order valence-electron chi connectivity index (χ4n) is 1.56. The zero-order chi connectivity index (χ0) is 20.9. The Kier molecular flexibility index (Phi) is 12.8. The summed E-state index contributed by atoms with van der Waals surface area (Å²) >= 11 is 0. The predicted molar refractivity (Wildman–Crippen MR) is 81.0 cm³/mol. The molecular weight excluding hydrogens is 360 g/mol. The Labute approximate surface area is 147 Å². The summed E-state index contributed by atoms with van der Waals surface area (Å²) in [5, 5.41) is 34.4. The van der Waals surface area contributed by atoms with Gasteiger partial charge in [-0.25, -0.2) is 0 Å². The molecule has 0 rings (SSSR count). The van der Waals surface area contributed by atoms with Crippen LogP contribution >= 0.6 is 0 Å². The number of hydrogen-bond acceptors (Lipinski definition) is 9. The molecule has 0 aromatic carbocycles. The van der Waals surface area contributed by atoms with Gasteiger partial charge < -0.3 is 25.2 Å². The number of aliphatic carboxylic acids is 4. The first kappa shape index (κ1) is 25.2. The van der Waals surface area contributed by atoms with Crippen LogP contribution in [0.1, 0.15) is 13.8 Å². The summed E-state index contributed by atoms with van der Waals surface area (Å²) in [6, 6.07) is 0. The first-order valence-corrected chi connectivity index (χ1v) is 6.84. The molecule has 13 heteroatoms. The lowest BCUT2D eigenvalue weighted by atomic mass is 10.4. The van der Waals surface area contributed by atoms with Crippen LogP contribution in [0.15, 0.2) is 0 Å². The van der Waals surface area contributed by atoms with Gasteiger partial charge in [-0.3, -0.25) is 38.6 Å². The van der Waals surface area contributed by atoms with Crippen molar-refractivity contribution in [1.82, 2.24) is 9.80 Å². The first-order valence-electron chi connectivity index (χ1n) is 6.84. The molecule has 0 atom stereocenters. The van der Waals surface area contributed by atoms with Crippen LogP contribution in [0.25, 0.3) is 0 Å². The Bertz CT molecular complexity index is 468. The van der Waals surface area contributed by atoms with E-state index >= 15 is 0 Å². The maximum absolute atomic E-state index is 10.5. The third-order valence-corrected chi connectivity index (χ3v) is 2.12. The van der Waals surface area contributed by atoms with Crippen molar-refractivity contribution in [3.8, 4) is 0 Å². The lowest BCUT2D eigenvalue weighted by Crippen LogP contribution is -2.46. The van der Waals surface area contributed by atoms with E-state index in [1.54, 1.807) is 0 Å². The lowest BCUT2D eigenvalue weighted by Gasteiger charge is -2.25. The quantitative estimate of drug-likeness (QED) is 0.184. The Morgan fingerprint density at radius 1 is 0.615 bits per heavy atom. The monoisotopic (exact) mass is 380 g/mol. The Hall–Kier alpha value is -3.06. The molecule has 4 N–H and O–H groups in total. The molecule has 0 fully saturated rings. The molecule has 0 saturated heterocycles. The van der Waals surface area contributed by atoms with E-state index in [4.69, 9.17) is 20.4 Å². The highest BCUT2D eigenvalue weighted by atomic mass is 16.6. The number of ether oxygens (including phenoxy) is 1. The van der Waals surface area contributed by atoms with Crippen LogP contribution in [0.4, 0.5) is 0 Å². The second-order valence-electron chi connectivity index (χ2n) is 4.78. The fraction of sp³-hybridized carbons (Fsp3) is 0.538. The molecule has 0 saturated carbocycles. The summed E-state index contributed by atoms with van der Waals surface area (Å²) in [7, 11) is 0. The number of carbonyl (C=O) groups is 6. The Morgan fingerprint density at radius 2 is 0.846 bits per heavy atom. The average molecular weight is 380 g/mol. The highest BCUT2D eigenvalue weighted by molar-refractivity contribution is 5.82. The molecule has 148 valence electrons. The van der Waals surface area contributed by atoms with Gasteiger partial charge in [-0.2, -0.15) is 0 Å². The third kappa shape index (κ3) is 19.0. The molecule has 0 amide bonds. The number of hydrogen-bond donors (Lipinski definition) is 4. The number of nitrogens with zero attached hydrogens (tertiary/aromatic N) is 2. The molecule has 0 aliphatic rings. The standard InChI is InChI=1S/C9H14N2O8.C4H6O3/c12-6(13)1-10(2-7(14)15)5-11(3-8(16)17)4-9(18)19;1-3(5)7-4(2)6/h1-5H2,(H,12,13)(H,14,15)(H,16,17)(H,18,19);1-2H3. The molecule has 0 aliphatic carbocycles. The number of carbonyl (C=O) groups excluding carboxylic acids is 2. The van der Waals surface area contributed by atoms with Crippen molar-refractivity contribution in [2.75, 3.05) is 32.8 Å².